The van der Waals surface area contributed by atoms with Crippen molar-refractivity contribution in [3.63, 3.8) is 0 Å². The fraction of sp³-hybridized carbons (Fsp3) is 1.00. The maximum atomic E-state index is 10.4. The van der Waals surface area contributed by atoms with Crippen LogP contribution in [0.3, 0.4) is 0 Å². The molecule has 0 N–H and O–H groups in total. The molecule has 128 valence electrons. The van der Waals surface area contributed by atoms with Crippen molar-refractivity contribution in [2.75, 3.05) is 6.79 Å². The second-order valence-electron chi connectivity index (χ2n) is 3.10. The lowest BCUT2D eigenvalue weighted by atomic mass is 10.7. The highest BCUT2D eigenvalue weighted by Gasteiger charge is 2.78. The van der Waals surface area contributed by atoms with E-state index in [9.17, 15) is 60.7 Å². The second kappa shape index (κ2) is 6.39. The highest BCUT2D eigenvalue weighted by Crippen LogP contribution is 2.18. The zero-order valence-electron chi connectivity index (χ0n) is 10.1. The van der Waals surface area contributed by atoms with Crippen LogP contribution in [0.15, 0.2) is 0 Å². The third-order valence-corrected chi connectivity index (χ3v) is 1.93. The molecule has 20 nitrogen and oxygen atoms in total. The van der Waals surface area contributed by atoms with Crippen LogP contribution >= 0.6 is 0 Å². The largest absolute Gasteiger partial charge is 0.847 e. The number of nitro groups is 6. The lowest BCUT2D eigenvalue weighted by Gasteiger charge is -2.10. The van der Waals surface area contributed by atoms with Gasteiger partial charge in [0.05, 0.1) is 0 Å². The molecule has 0 saturated carbocycles. The van der Waals surface area contributed by atoms with Gasteiger partial charge in [-0.05, 0) is 0 Å². The third-order valence-electron chi connectivity index (χ3n) is 1.93. The normalized spacial score (nSPS) is 11.5. The van der Waals surface area contributed by atoms with Crippen LogP contribution in [-0.2, 0) is 9.47 Å². The van der Waals surface area contributed by atoms with Crippen molar-refractivity contribution in [3.05, 3.63) is 60.7 Å². The Bertz CT molecular complexity index is 459. The summed E-state index contributed by atoms with van der Waals surface area (Å²) >= 11 is 0. The molecule has 0 aromatic rings. The fourth-order valence-electron chi connectivity index (χ4n) is 0.904. The molecule has 0 radical (unpaired) electrons. The van der Waals surface area contributed by atoms with Crippen molar-refractivity contribution in [1.82, 2.24) is 0 Å². The summed E-state index contributed by atoms with van der Waals surface area (Å²) in [5.74, 6) is -9.29. The predicted octanol–water partition coefficient (Wildman–Crippen LogP) is -2.14. The molecule has 0 atom stereocenters. The first-order valence-electron chi connectivity index (χ1n) is 4.52. The second-order valence-corrected chi connectivity index (χ2v) is 3.10. The Morgan fingerprint density at radius 2 is 0.696 bits per heavy atom. The Hall–Kier alpha value is -3.68. The van der Waals surface area contributed by atoms with Gasteiger partial charge in [0.1, 0.15) is 0 Å². The molecule has 0 aliphatic heterocycles. The third kappa shape index (κ3) is 3.00. The molecular formula is C3H2N6O14. The van der Waals surface area contributed by atoms with Gasteiger partial charge in [-0.1, -0.05) is 0 Å². The Labute approximate surface area is 120 Å². The number of ether oxygens (including phenoxy) is 2. The molecule has 0 rings (SSSR count). The van der Waals surface area contributed by atoms with Gasteiger partial charge >= 0.3 is 11.9 Å². The van der Waals surface area contributed by atoms with Gasteiger partial charge in [0.2, 0.25) is 29.5 Å². The van der Waals surface area contributed by atoms with Crippen molar-refractivity contribution in [2.45, 2.75) is 11.9 Å². The molecule has 0 amide bonds. The fourth-order valence-corrected chi connectivity index (χ4v) is 0.904. The van der Waals surface area contributed by atoms with Crippen molar-refractivity contribution >= 4 is 0 Å². The van der Waals surface area contributed by atoms with Crippen LogP contribution in [-0.4, -0.2) is 48.3 Å². The first kappa shape index (κ1) is 19.3. The Kier molecular flexibility index (Phi) is 5.37. The molecule has 0 aliphatic rings. The van der Waals surface area contributed by atoms with E-state index in [0.29, 0.717) is 0 Å². The molecule has 0 bridgehead atoms. The highest BCUT2D eigenvalue weighted by molar-refractivity contribution is 4.38. The standard InChI is InChI=1S/C3H2N6O14/c10-4(11)2(5(12)13,6(14)15)22-1-23-3(7(16)17,8(18)19)9(20)21/h1H2. The van der Waals surface area contributed by atoms with Crippen LogP contribution in [0, 0.1) is 60.7 Å². The van der Waals surface area contributed by atoms with Crippen LogP contribution in [0.25, 0.3) is 0 Å². The Morgan fingerprint density at radius 3 is 0.826 bits per heavy atom. The summed E-state index contributed by atoms with van der Waals surface area (Å²) < 4.78 is 6.97. The van der Waals surface area contributed by atoms with E-state index in [0.717, 1.165) is 0 Å². The Morgan fingerprint density at radius 1 is 0.522 bits per heavy atom. The topological polar surface area (TPSA) is 277 Å². The van der Waals surface area contributed by atoms with Crippen molar-refractivity contribution in [1.29, 1.82) is 0 Å². The van der Waals surface area contributed by atoms with Gasteiger partial charge in [-0.25, -0.2) is 0 Å². The van der Waals surface area contributed by atoms with E-state index in [-0.39, 0.29) is 0 Å². The molecule has 0 heterocycles. The molecule has 0 aromatic carbocycles. The summed E-state index contributed by atoms with van der Waals surface area (Å²) in [6, 6.07) is 0. The van der Waals surface area contributed by atoms with Crippen molar-refractivity contribution in [3.8, 4) is 0 Å². The van der Waals surface area contributed by atoms with E-state index in [4.69, 9.17) is 0 Å². The van der Waals surface area contributed by atoms with Crippen LogP contribution in [0.4, 0.5) is 0 Å². The molecule has 0 spiro atoms. The molecule has 23 heavy (non-hydrogen) atoms. The molecule has 0 saturated heterocycles. The maximum absolute atomic E-state index is 10.4. The number of rotatable bonds is 10. The van der Waals surface area contributed by atoms with Gasteiger partial charge in [0.25, 0.3) is 0 Å². The van der Waals surface area contributed by atoms with E-state index in [1.54, 1.807) is 0 Å². The van der Waals surface area contributed by atoms with Gasteiger partial charge in [-0.3, -0.25) is 60.7 Å². The molecule has 0 fully saturated rings. The van der Waals surface area contributed by atoms with E-state index in [1.807, 2.05) is 0 Å². The van der Waals surface area contributed by atoms with Crippen molar-refractivity contribution in [2.24, 2.45) is 0 Å². The minimum atomic E-state index is -4.64. The van der Waals surface area contributed by atoms with E-state index in [1.165, 1.54) is 0 Å². The molecule has 0 aliphatic carbocycles. The maximum Gasteiger partial charge on any atom is 0.847 e. The quantitative estimate of drug-likeness (QED) is 0.232. The zero-order valence-corrected chi connectivity index (χ0v) is 10.1. The first-order chi connectivity index (χ1) is 10.4. The van der Waals surface area contributed by atoms with Gasteiger partial charge in [0.15, 0.2) is 6.79 Å². The highest BCUT2D eigenvalue weighted by atomic mass is 16.9. The van der Waals surface area contributed by atoms with Crippen LogP contribution < -0.4 is 0 Å². The smallest absolute Gasteiger partial charge is 0.250 e. The van der Waals surface area contributed by atoms with Crippen LogP contribution in [0.1, 0.15) is 0 Å². The Balaban J connectivity index is 5.59. The molecule has 0 unspecified atom stereocenters. The first-order valence-corrected chi connectivity index (χ1v) is 4.52. The summed E-state index contributed by atoms with van der Waals surface area (Å²) in [5.41, 5.74) is 0. The van der Waals surface area contributed by atoms with Crippen LogP contribution in [0.2, 0.25) is 0 Å². The summed E-state index contributed by atoms with van der Waals surface area (Å²) in [7, 11) is 0. The van der Waals surface area contributed by atoms with Crippen molar-refractivity contribution < 1.29 is 39.0 Å². The van der Waals surface area contributed by atoms with Gasteiger partial charge in [-0.15, -0.1) is 0 Å². The van der Waals surface area contributed by atoms with Gasteiger partial charge in [-0.2, -0.15) is 9.47 Å². The minimum Gasteiger partial charge on any atom is -0.250 e. The molecular weight excluding hydrogens is 344 g/mol. The van der Waals surface area contributed by atoms with E-state index < -0.39 is 48.3 Å². The summed E-state index contributed by atoms with van der Waals surface area (Å²) in [4.78, 5) is 49.2. The number of nitrogens with zero attached hydrogens (tertiary/aromatic N) is 6. The van der Waals surface area contributed by atoms with Gasteiger partial charge in [0, 0.05) is 0 Å². The SMILES string of the molecule is O=[N+]([O-])C(OCOC([N+](=O)[O-])([N+](=O)[O-])[N+](=O)[O-])([N+](=O)[O-])[N+](=O)[O-]. The average Bonchev–Trinajstić information content (AvgIpc) is 2.35. The summed E-state index contributed by atoms with van der Waals surface area (Å²) in [6.45, 7) is -2.27. The van der Waals surface area contributed by atoms with E-state index >= 15 is 0 Å². The molecule has 20 heteroatoms. The number of hydrogen-bond donors (Lipinski definition) is 0. The summed E-state index contributed by atoms with van der Waals surface area (Å²) in [6.07, 6.45) is 0. The van der Waals surface area contributed by atoms with Crippen LogP contribution in [0.5, 0.6) is 0 Å². The summed E-state index contributed by atoms with van der Waals surface area (Å²) in [5, 5.41) is 62.4. The molecule has 0 aromatic heterocycles. The lowest BCUT2D eigenvalue weighted by Crippen LogP contribution is -2.59. The zero-order chi connectivity index (χ0) is 18.6. The van der Waals surface area contributed by atoms with E-state index in [2.05, 4.69) is 9.47 Å². The minimum absolute atomic E-state index is 2.21. The average molecular weight is 346 g/mol. The number of hydrogen-bond acceptors (Lipinski definition) is 14. The van der Waals surface area contributed by atoms with Gasteiger partial charge < -0.3 is 0 Å². The predicted molar refractivity (Wildman–Crippen MR) is 54.5 cm³/mol. The lowest BCUT2D eigenvalue weighted by molar-refractivity contribution is -1.03. The monoisotopic (exact) mass is 346 g/mol.